The molecule has 0 N–H and O–H groups in total. The number of anilines is 2. The third-order valence-electron chi connectivity index (χ3n) is 4.73. The van der Waals surface area contributed by atoms with Gasteiger partial charge < -0.3 is 9.80 Å². The van der Waals surface area contributed by atoms with Crippen molar-refractivity contribution in [1.82, 2.24) is 10.2 Å². The van der Waals surface area contributed by atoms with E-state index in [2.05, 4.69) is 26.1 Å². The first-order valence-corrected chi connectivity index (χ1v) is 8.40. The van der Waals surface area contributed by atoms with Crippen LogP contribution in [0.1, 0.15) is 35.7 Å². The molecule has 1 aliphatic heterocycles. The number of likely N-dealkylation sites (N-methyl/N-ethyl adjacent to an activating group) is 1. The van der Waals surface area contributed by atoms with Crippen molar-refractivity contribution in [1.29, 1.82) is 5.26 Å². The van der Waals surface area contributed by atoms with E-state index in [9.17, 15) is 10.1 Å². The fraction of sp³-hybridized carbons (Fsp3) is 0.368. The SMILES string of the molecule is CC(=O)c1ccc(C#N)c(N(C)C2CCCN(c3cccnn3)C2)c1. The summed E-state index contributed by atoms with van der Waals surface area (Å²) in [6.07, 6.45) is 3.74. The summed E-state index contributed by atoms with van der Waals surface area (Å²) < 4.78 is 0. The quantitative estimate of drug-likeness (QED) is 0.800. The molecule has 6 heteroatoms. The fourth-order valence-corrected chi connectivity index (χ4v) is 3.27. The predicted molar refractivity (Wildman–Crippen MR) is 96.8 cm³/mol. The maximum Gasteiger partial charge on any atom is 0.159 e. The smallest absolute Gasteiger partial charge is 0.159 e. The summed E-state index contributed by atoms with van der Waals surface area (Å²) in [5.41, 5.74) is 2.02. The Hall–Kier alpha value is -2.94. The number of aromatic nitrogens is 2. The van der Waals surface area contributed by atoms with E-state index in [-0.39, 0.29) is 11.8 Å². The Bertz CT molecular complexity index is 799. The van der Waals surface area contributed by atoms with E-state index in [1.807, 2.05) is 25.2 Å². The van der Waals surface area contributed by atoms with Gasteiger partial charge in [0.05, 0.1) is 11.3 Å². The number of rotatable bonds is 4. The molecule has 1 atom stereocenters. The van der Waals surface area contributed by atoms with Crippen LogP contribution in [0.4, 0.5) is 11.5 Å². The number of hydrogen-bond acceptors (Lipinski definition) is 6. The van der Waals surface area contributed by atoms with Gasteiger partial charge >= 0.3 is 0 Å². The lowest BCUT2D eigenvalue weighted by Gasteiger charge is -2.39. The number of carbonyl (C=O) groups excluding carboxylic acids is 1. The summed E-state index contributed by atoms with van der Waals surface area (Å²) in [7, 11) is 1.99. The van der Waals surface area contributed by atoms with Crippen molar-refractivity contribution >= 4 is 17.3 Å². The highest BCUT2D eigenvalue weighted by Crippen LogP contribution is 2.27. The fourth-order valence-electron chi connectivity index (χ4n) is 3.27. The lowest BCUT2D eigenvalue weighted by atomic mass is 10.0. The Morgan fingerprint density at radius 1 is 1.40 bits per heavy atom. The molecule has 0 aliphatic carbocycles. The minimum absolute atomic E-state index is 0.00368. The number of nitrogens with zero attached hydrogens (tertiary/aromatic N) is 5. The summed E-state index contributed by atoms with van der Waals surface area (Å²) >= 11 is 0. The number of hydrogen-bond donors (Lipinski definition) is 0. The molecule has 1 unspecified atom stereocenters. The van der Waals surface area contributed by atoms with Crippen LogP contribution in [0.2, 0.25) is 0 Å². The number of benzene rings is 1. The van der Waals surface area contributed by atoms with Crippen molar-refractivity contribution in [2.24, 2.45) is 0 Å². The number of carbonyl (C=O) groups is 1. The molecule has 128 valence electrons. The van der Waals surface area contributed by atoms with Crippen LogP contribution in [0.3, 0.4) is 0 Å². The highest BCUT2D eigenvalue weighted by atomic mass is 16.1. The van der Waals surface area contributed by atoms with Crippen molar-refractivity contribution < 1.29 is 4.79 Å². The molecular formula is C19H21N5O. The van der Waals surface area contributed by atoms with Gasteiger partial charge in [-0.1, -0.05) is 0 Å². The molecule has 6 nitrogen and oxygen atoms in total. The Kier molecular flexibility index (Phi) is 4.94. The van der Waals surface area contributed by atoms with E-state index >= 15 is 0 Å². The van der Waals surface area contributed by atoms with Crippen LogP contribution in [-0.2, 0) is 0 Å². The molecule has 25 heavy (non-hydrogen) atoms. The molecule has 3 rings (SSSR count). The van der Waals surface area contributed by atoms with Crippen molar-refractivity contribution in [3.05, 3.63) is 47.7 Å². The van der Waals surface area contributed by atoms with Crippen LogP contribution < -0.4 is 9.80 Å². The van der Waals surface area contributed by atoms with Gasteiger partial charge in [-0.15, -0.1) is 5.10 Å². The molecule has 2 heterocycles. The second-order valence-electron chi connectivity index (χ2n) is 6.33. The van der Waals surface area contributed by atoms with Gasteiger partial charge in [-0.3, -0.25) is 4.79 Å². The van der Waals surface area contributed by atoms with Gasteiger partial charge in [-0.05, 0) is 50.1 Å². The largest absolute Gasteiger partial charge is 0.369 e. The van der Waals surface area contributed by atoms with E-state index in [4.69, 9.17) is 0 Å². The van der Waals surface area contributed by atoms with Crippen LogP contribution in [0.15, 0.2) is 36.5 Å². The first-order valence-electron chi connectivity index (χ1n) is 8.40. The molecule has 0 radical (unpaired) electrons. The Morgan fingerprint density at radius 2 is 2.24 bits per heavy atom. The van der Waals surface area contributed by atoms with Gasteiger partial charge in [0.1, 0.15) is 6.07 Å². The normalized spacial score (nSPS) is 17.0. The Morgan fingerprint density at radius 3 is 2.92 bits per heavy atom. The van der Waals surface area contributed by atoms with Crippen molar-refractivity contribution in [2.75, 3.05) is 29.9 Å². The average Bonchev–Trinajstić information content (AvgIpc) is 2.67. The van der Waals surface area contributed by atoms with Crippen molar-refractivity contribution in [3.8, 4) is 6.07 Å². The lowest BCUT2D eigenvalue weighted by Crippen LogP contribution is -2.47. The van der Waals surface area contributed by atoms with E-state index in [0.717, 1.165) is 37.4 Å². The predicted octanol–water partition coefficient (Wildman–Crippen LogP) is 2.66. The van der Waals surface area contributed by atoms with Gasteiger partial charge in [0.25, 0.3) is 0 Å². The van der Waals surface area contributed by atoms with E-state index < -0.39 is 0 Å². The molecule has 1 aliphatic rings. The third-order valence-corrected chi connectivity index (χ3v) is 4.73. The minimum Gasteiger partial charge on any atom is -0.369 e. The number of Topliss-reactive ketones (excluding diaryl/α,β-unsaturated/α-hetero) is 1. The zero-order chi connectivity index (χ0) is 17.8. The minimum atomic E-state index is 0.00368. The van der Waals surface area contributed by atoms with Gasteiger partial charge in [-0.25, -0.2) is 0 Å². The topological polar surface area (TPSA) is 73.1 Å². The summed E-state index contributed by atoms with van der Waals surface area (Å²) in [5, 5.41) is 17.6. The van der Waals surface area contributed by atoms with E-state index in [0.29, 0.717) is 11.1 Å². The van der Waals surface area contributed by atoms with Crippen LogP contribution in [0, 0.1) is 11.3 Å². The zero-order valence-electron chi connectivity index (χ0n) is 14.5. The van der Waals surface area contributed by atoms with Crippen LogP contribution in [-0.4, -0.2) is 42.2 Å². The van der Waals surface area contributed by atoms with Crippen LogP contribution in [0.25, 0.3) is 0 Å². The first kappa shape index (κ1) is 16.9. The molecule has 1 aromatic heterocycles. The molecule has 0 bridgehead atoms. The molecular weight excluding hydrogens is 314 g/mol. The molecule has 1 aromatic carbocycles. The molecule has 1 fully saturated rings. The maximum absolute atomic E-state index is 11.7. The summed E-state index contributed by atoms with van der Waals surface area (Å²) in [5.74, 6) is 0.877. The van der Waals surface area contributed by atoms with Crippen LogP contribution >= 0.6 is 0 Å². The molecule has 0 spiro atoms. The summed E-state index contributed by atoms with van der Waals surface area (Å²) in [6, 6.07) is 11.6. The lowest BCUT2D eigenvalue weighted by molar-refractivity contribution is 0.101. The number of nitriles is 1. The maximum atomic E-state index is 11.7. The highest BCUT2D eigenvalue weighted by molar-refractivity contribution is 5.95. The zero-order valence-corrected chi connectivity index (χ0v) is 14.5. The van der Waals surface area contributed by atoms with Crippen molar-refractivity contribution in [3.63, 3.8) is 0 Å². The Labute approximate surface area is 147 Å². The number of piperidine rings is 1. The highest BCUT2D eigenvalue weighted by Gasteiger charge is 2.26. The summed E-state index contributed by atoms with van der Waals surface area (Å²) in [6.45, 7) is 3.30. The Balaban J connectivity index is 1.85. The second-order valence-corrected chi connectivity index (χ2v) is 6.33. The van der Waals surface area contributed by atoms with Crippen molar-refractivity contribution in [2.45, 2.75) is 25.8 Å². The number of ketones is 1. The molecule has 0 saturated carbocycles. The third kappa shape index (κ3) is 3.61. The van der Waals surface area contributed by atoms with Gasteiger partial charge in [0.15, 0.2) is 11.6 Å². The molecule has 0 amide bonds. The standard InChI is InChI=1S/C19H21N5O/c1-14(25)15-7-8-16(12-20)18(11-15)23(2)17-5-4-10-24(13-17)19-6-3-9-21-22-19/h3,6-9,11,17H,4-5,10,13H2,1-2H3. The van der Waals surface area contributed by atoms with E-state index in [1.54, 1.807) is 25.3 Å². The van der Waals surface area contributed by atoms with Gasteiger partial charge in [0, 0.05) is 37.9 Å². The average molecular weight is 335 g/mol. The molecule has 1 saturated heterocycles. The molecule has 2 aromatic rings. The van der Waals surface area contributed by atoms with Crippen LogP contribution in [0.5, 0.6) is 0 Å². The second kappa shape index (κ2) is 7.31. The first-order chi connectivity index (χ1) is 12.1. The van der Waals surface area contributed by atoms with Gasteiger partial charge in [-0.2, -0.15) is 10.4 Å². The monoisotopic (exact) mass is 335 g/mol. The summed E-state index contributed by atoms with van der Waals surface area (Å²) in [4.78, 5) is 16.0. The van der Waals surface area contributed by atoms with Gasteiger partial charge in [0.2, 0.25) is 0 Å². The van der Waals surface area contributed by atoms with E-state index in [1.165, 1.54) is 0 Å².